The summed E-state index contributed by atoms with van der Waals surface area (Å²) >= 11 is 0. The third-order valence-corrected chi connectivity index (χ3v) is 5.31. The van der Waals surface area contributed by atoms with Crippen LogP contribution in [0.2, 0.25) is 0 Å². The molecule has 1 atom stereocenters. The number of carboxylic acid groups (broad SMARTS) is 1. The number of hydrogen-bond acceptors (Lipinski definition) is 3. The summed E-state index contributed by atoms with van der Waals surface area (Å²) in [6.45, 7) is 1.05. The number of rotatable bonds is 3. The van der Waals surface area contributed by atoms with Crippen LogP contribution in [0.1, 0.15) is 44.9 Å². The van der Waals surface area contributed by atoms with Crippen molar-refractivity contribution < 1.29 is 19.8 Å². The van der Waals surface area contributed by atoms with E-state index in [4.69, 9.17) is 5.11 Å². The largest absolute Gasteiger partial charge is 0.481 e. The van der Waals surface area contributed by atoms with Crippen LogP contribution in [0, 0.1) is 11.8 Å². The van der Waals surface area contributed by atoms with Crippen molar-refractivity contribution in [2.45, 2.75) is 56.6 Å². The predicted molar refractivity (Wildman–Crippen MR) is 75.8 cm³/mol. The Balaban J connectivity index is 1.46. The minimum Gasteiger partial charge on any atom is -0.481 e. The first-order chi connectivity index (χ1) is 9.98. The van der Waals surface area contributed by atoms with Crippen molar-refractivity contribution in [2.75, 3.05) is 13.1 Å². The van der Waals surface area contributed by atoms with E-state index in [1.54, 1.807) is 4.90 Å². The van der Waals surface area contributed by atoms with Gasteiger partial charge in [-0.3, -0.25) is 4.79 Å². The van der Waals surface area contributed by atoms with Crippen LogP contribution >= 0.6 is 0 Å². The molecule has 0 aromatic carbocycles. The minimum absolute atomic E-state index is 0.0720. The topological polar surface area (TPSA) is 89.9 Å². The van der Waals surface area contributed by atoms with Crippen molar-refractivity contribution in [3.8, 4) is 0 Å². The molecule has 3 fully saturated rings. The van der Waals surface area contributed by atoms with Crippen LogP contribution in [0.4, 0.5) is 4.79 Å². The van der Waals surface area contributed by atoms with Crippen LogP contribution in [0.25, 0.3) is 0 Å². The van der Waals surface area contributed by atoms with Crippen molar-refractivity contribution >= 4 is 12.0 Å². The molecule has 0 aromatic rings. The first-order valence-corrected chi connectivity index (χ1v) is 7.98. The highest BCUT2D eigenvalue weighted by Gasteiger charge is 2.49. The van der Waals surface area contributed by atoms with Gasteiger partial charge < -0.3 is 20.4 Å². The van der Waals surface area contributed by atoms with Crippen molar-refractivity contribution in [1.29, 1.82) is 0 Å². The fourth-order valence-electron chi connectivity index (χ4n) is 3.70. The third kappa shape index (κ3) is 3.15. The Hall–Kier alpha value is -1.30. The third-order valence-electron chi connectivity index (χ3n) is 5.31. The summed E-state index contributed by atoms with van der Waals surface area (Å²) in [5.74, 6) is -0.611. The molecule has 0 bridgehead atoms. The van der Waals surface area contributed by atoms with E-state index in [0.717, 1.165) is 25.7 Å². The summed E-state index contributed by atoms with van der Waals surface area (Å²) in [5.41, 5.74) is -0.668. The second-order valence-electron chi connectivity index (χ2n) is 6.89. The summed E-state index contributed by atoms with van der Waals surface area (Å²) in [5, 5.41) is 22.4. The van der Waals surface area contributed by atoms with Gasteiger partial charge in [0.1, 0.15) is 0 Å². The van der Waals surface area contributed by atoms with E-state index in [-0.39, 0.29) is 18.0 Å². The van der Waals surface area contributed by atoms with Gasteiger partial charge in [0, 0.05) is 12.6 Å². The molecule has 3 rings (SSSR count). The number of carboxylic acids is 1. The molecule has 1 unspecified atom stereocenters. The number of nitrogens with zero attached hydrogens (tertiary/aromatic N) is 1. The highest BCUT2D eigenvalue weighted by atomic mass is 16.4. The lowest BCUT2D eigenvalue weighted by molar-refractivity contribution is -0.142. The van der Waals surface area contributed by atoms with Crippen LogP contribution in [0.15, 0.2) is 0 Å². The highest BCUT2D eigenvalue weighted by molar-refractivity contribution is 5.75. The standard InChI is InChI=1S/C15H24N2O4/c18-13(19)10-1-5-12(6-2-10)16-14(20)17-8-7-15(21,9-17)11-3-4-11/h10-12,21H,1-9H2,(H,16,20)(H,18,19). The van der Waals surface area contributed by atoms with Crippen molar-refractivity contribution in [3.05, 3.63) is 0 Å². The number of carbonyl (C=O) groups is 2. The Kier molecular flexibility index (Phi) is 3.82. The fraction of sp³-hybridized carbons (Fsp3) is 0.867. The molecule has 1 aliphatic heterocycles. The second kappa shape index (κ2) is 5.48. The molecular weight excluding hydrogens is 272 g/mol. The van der Waals surface area contributed by atoms with Crippen LogP contribution in [0.5, 0.6) is 0 Å². The van der Waals surface area contributed by atoms with Crippen LogP contribution < -0.4 is 5.32 Å². The number of β-amino-alcohol motifs (C(OH)–C–C–N with tert-alkyl or cyclic N) is 1. The Morgan fingerprint density at radius 3 is 2.33 bits per heavy atom. The number of amides is 2. The van der Waals surface area contributed by atoms with Gasteiger partial charge >= 0.3 is 12.0 Å². The van der Waals surface area contributed by atoms with Crippen molar-refractivity contribution in [3.63, 3.8) is 0 Å². The van der Waals surface area contributed by atoms with E-state index in [1.165, 1.54) is 0 Å². The lowest BCUT2D eigenvalue weighted by Gasteiger charge is -2.29. The summed E-state index contributed by atoms with van der Waals surface area (Å²) in [4.78, 5) is 24.9. The molecule has 0 spiro atoms. The molecule has 0 aromatic heterocycles. The zero-order valence-corrected chi connectivity index (χ0v) is 12.3. The maximum Gasteiger partial charge on any atom is 0.317 e. The summed E-state index contributed by atoms with van der Waals surface area (Å²) < 4.78 is 0. The first kappa shape index (κ1) is 14.6. The minimum atomic E-state index is -0.728. The Labute approximate surface area is 124 Å². The monoisotopic (exact) mass is 296 g/mol. The number of likely N-dealkylation sites (tertiary alicyclic amines) is 1. The molecule has 6 nitrogen and oxygen atoms in total. The van der Waals surface area contributed by atoms with Gasteiger partial charge in [0.05, 0.1) is 18.1 Å². The molecule has 3 aliphatic rings. The van der Waals surface area contributed by atoms with Crippen LogP contribution in [0.3, 0.4) is 0 Å². The predicted octanol–water partition coefficient (Wildman–Crippen LogP) is 1.19. The van der Waals surface area contributed by atoms with Gasteiger partial charge in [0.25, 0.3) is 0 Å². The summed E-state index contributed by atoms with van der Waals surface area (Å²) in [7, 11) is 0. The lowest BCUT2D eigenvalue weighted by atomic mass is 9.86. The maximum absolute atomic E-state index is 12.2. The number of aliphatic carboxylic acids is 1. The normalized spacial score (nSPS) is 36.5. The van der Waals surface area contributed by atoms with Crippen molar-refractivity contribution in [1.82, 2.24) is 10.2 Å². The first-order valence-electron chi connectivity index (χ1n) is 7.98. The molecule has 0 radical (unpaired) electrons. The van der Waals surface area contributed by atoms with E-state index in [1.807, 2.05) is 0 Å². The van der Waals surface area contributed by atoms with Gasteiger partial charge in [-0.1, -0.05) is 0 Å². The smallest absolute Gasteiger partial charge is 0.317 e. The molecule has 118 valence electrons. The number of aliphatic hydroxyl groups is 1. The zero-order chi connectivity index (χ0) is 15.0. The Morgan fingerprint density at radius 2 is 1.76 bits per heavy atom. The zero-order valence-electron chi connectivity index (χ0n) is 12.3. The molecule has 2 saturated carbocycles. The summed E-state index contributed by atoms with van der Waals surface area (Å²) in [6.07, 6.45) is 5.54. The number of urea groups is 1. The van der Waals surface area contributed by atoms with E-state index >= 15 is 0 Å². The van der Waals surface area contributed by atoms with Gasteiger partial charge in [0.15, 0.2) is 0 Å². The Morgan fingerprint density at radius 1 is 1.10 bits per heavy atom. The lowest BCUT2D eigenvalue weighted by Crippen LogP contribution is -2.47. The SMILES string of the molecule is O=C(O)C1CCC(NC(=O)N2CCC(O)(C3CC3)C2)CC1. The molecule has 1 heterocycles. The van der Waals surface area contributed by atoms with Gasteiger partial charge in [-0.05, 0) is 50.9 Å². The summed E-state index contributed by atoms with van der Waals surface area (Å²) in [6, 6.07) is -0.0342. The fourth-order valence-corrected chi connectivity index (χ4v) is 3.70. The van der Waals surface area contributed by atoms with Gasteiger partial charge in [-0.25, -0.2) is 4.79 Å². The Bertz CT molecular complexity index is 429. The molecular formula is C15H24N2O4. The van der Waals surface area contributed by atoms with Crippen LogP contribution in [-0.2, 0) is 4.79 Å². The molecule has 2 aliphatic carbocycles. The number of carbonyl (C=O) groups excluding carboxylic acids is 1. The van der Waals surface area contributed by atoms with E-state index in [0.29, 0.717) is 38.3 Å². The number of nitrogens with one attached hydrogen (secondary N) is 1. The van der Waals surface area contributed by atoms with Crippen LogP contribution in [-0.4, -0.2) is 51.8 Å². The molecule has 2 amide bonds. The van der Waals surface area contributed by atoms with Crippen molar-refractivity contribution in [2.24, 2.45) is 11.8 Å². The van der Waals surface area contributed by atoms with Gasteiger partial charge in [-0.15, -0.1) is 0 Å². The van der Waals surface area contributed by atoms with E-state index in [2.05, 4.69) is 5.32 Å². The molecule has 21 heavy (non-hydrogen) atoms. The maximum atomic E-state index is 12.2. The molecule has 6 heteroatoms. The average molecular weight is 296 g/mol. The second-order valence-corrected chi connectivity index (χ2v) is 6.89. The molecule has 3 N–H and O–H groups in total. The highest BCUT2D eigenvalue weighted by Crippen LogP contribution is 2.44. The molecule has 1 saturated heterocycles. The average Bonchev–Trinajstić information content (AvgIpc) is 3.24. The van der Waals surface area contributed by atoms with Gasteiger partial charge in [0.2, 0.25) is 0 Å². The quantitative estimate of drug-likeness (QED) is 0.729. The number of hydrogen-bond donors (Lipinski definition) is 3. The van der Waals surface area contributed by atoms with Gasteiger partial charge in [-0.2, -0.15) is 0 Å². The van der Waals surface area contributed by atoms with E-state index in [9.17, 15) is 14.7 Å². The van der Waals surface area contributed by atoms with E-state index < -0.39 is 11.6 Å².